The average Bonchev–Trinajstić information content (AvgIpc) is 2.90. The Kier molecular flexibility index (Phi) is 9.39. The van der Waals surface area contributed by atoms with Gasteiger partial charge in [-0.05, 0) is 35.1 Å². The van der Waals surface area contributed by atoms with E-state index in [4.69, 9.17) is 20.6 Å². The summed E-state index contributed by atoms with van der Waals surface area (Å²) in [6.45, 7) is 0. The van der Waals surface area contributed by atoms with Crippen molar-refractivity contribution in [1.82, 2.24) is 0 Å². The SMILES string of the molecule is C1=N[C@@H]2CCCC[C@H]2[N-]/C=C(/c2ccccc2)C=N[C@@H]2CCCC[C@H]2[N-]/C=C\1c1ccccc1.[Fe+2]. The average molecular weight is 506 g/mol. The van der Waals surface area contributed by atoms with Crippen LogP contribution in [0.2, 0.25) is 0 Å². The van der Waals surface area contributed by atoms with Crippen LogP contribution in [0.25, 0.3) is 21.8 Å². The Labute approximate surface area is 220 Å². The Morgan fingerprint density at radius 1 is 0.543 bits per heavy atom. The topological polar surface area (TPSA) is 52.9 Å². The van der Waals surface area contributed by atoms with Crippen LogP contribution >= 0.6 is 0 Å². The van der Waals surface area contributed by atoms with E-state index in [1.807, 2.05) is 24.8 Å². The van der Waals surface area contributed by atoms with Crippen molar-refractivity contribution in [3.63, 3.8) is 0 Å². The Balaban J connectivity index is 0.00000289. The van der Waals surface area contributed by atoms with Crippen LogP contribution in [0.1, 0.15) is 62.5 Å². The van der Waals surface area contributed by atoms with Gasteiger partial charge < -0.3 is 10.6 Å². The molecule has 0 aromatic heterocycles. The predicted molar refractivity (Wildman–Crippen MR) is 145 cm³/mol. The Morgan fingerprint density at radius 3 is 1.37 bits per heavy atom. The summed E-state index contributed by atoms with van der Waals surface area (Å²) in [6, 6.07) is 21.8. The summed E-state index contributed by atoms with van der Waals surface area (Å²) >= 11 is 0. The maximum Gasteiger partial charge on any atom is 2.00 e. The molecule has 3 aliphatic rings. The summed E-state index contributed by atoms with van der Waals surface area (Å²) in [6.07, 6.45) is 17.4. The first-order valence-electron chi connectivity index (χ1n) is 12.8. The Morgan fingerprint density at radius 2 is 0.943 bits per heavy atom. The molecule has 0 spiro atoms. The van der Waals surface area contributed by atoms with Gasteiger partial charge in [-0.25, -0.2) is 0 Å². The maximum atomic E-state index is 5.08. The molecule has 4 atom stereocenters. The molecule has 2 fully saturated rings. The summed E-state index contributed by atoms with van der Waals surface area (Å²) < 4.78 is 0. The van der Waals surface area contributed by atoms with Gasteiger partial charge in [0.15, 0.2) is 0 Å². The molecule has 2 aromatic rings. The molecule has 0 bridgehead atoms. The minimum absolute atomic E-state index is 0. The van der Waals surface area contributed by atoms with E-state index in [-0.39, 0.29) is 41.2 Å². The third-order valence-corrected chi connectivity index (χ3v) is 7.22. The van der Waals surface area contributed by atoms with Gasteiger partial charge in [0.1, 0.15) is 0 Å². The van der Waals surface area contributed by atoms with Gasteiger partial charge in [-0.1, -0.05) is 111 Å². The van der Waals surface area contributed by atoms with Gasteiger partial charge in [-0.2, -0.15) is 12.4 Å². The van der Waals surface area contributed by atoms with Crippen LogP contribution in [0.4, 0.5) is 0 Å². The zero-order valence-corrected chi connectivity index (χ0v) is 21.3. The van der Waals surface area contributed by atoms with E-state index < -0.39 is 0 Å². The van der Waals surface area contributed by atoms with Gasteiger partial charge in [0.25, 0.3) is 0 Å². The molecule has 5 heteroatoms. The first-order valence-corrected chi connectivity index (χ1v) is 12.8. The van der Waals surface area contributed by atoms with Gasteiger partial charge in [0.05, 0.1) is 0 Å². The van der Waals surface area contributed by atoms with E-state index in [1.54, 1.807) is 0 Å². The van der Waals surface area contributed by atoms with E-state index in [0.717, 1.165) is 48.0 Å². The minimum Gasteiger partial charge on any atom is -0.686 e. The number of nitrogens with zero attached hydrogens (tertiary/aromatic N) is 4. The molecule has 182 valence electrons. The van der Waals surface area contributed by atoms with Crippen molar-refractivity contribution < 1.29 is 17.1 Å². The molecule has 0 saturated heterocycles. The predicted octanol–water partition coefficient (Wildman–Crippen LogP) is 7.59. The quantitative estimate of drug-likeness (QED) is 0.377. The second-order valence-electron chi connectivity index (χ2n) is 9.59. The normalized spacial score (nSPS) is 29.8. The van der Waals surface area contributed by atoms with Crippen molar-refractivity contribution in [2.75, 3.05) is 0 Å². The van der Waals surface area contributed by atoms with Gasteiger partial charge in [0.2, 0.25) is 0 Å². The number of benzene rings is 2. The summed E-state index contributed by atoms with van der Waals surface area (Å²) in [4.78, 5) is 10.2. The second kappa shape index (κ2) is 12.9. The van der Waals surface area contributed by atoms with Crippen LogP contribution < -0.4 is 0 Å². The molecule has 2 aliphatic carbocycles. The van der Waals surface area contributed by atoms with Crippen LogP contribution in [0.5, 0.6) is 0 Å². The second-order valence-corrected chi connectivity index (χ2v) is 9.59. The maximum absolute atomic E-state index is 5.08. The van der Waals surface area contributed by atoms with E-state index in [9.17, 15) is 0 Å². The number of rotatable bonds is 2. The Hall–Kier alpha value is -2.62. The molecule has 2 saturated carbocycles. The van der Waals surface area contributed by atoms with E-state index in [2.05, 4.69) is 60.7 Å². The molecule has 0 radical (unpaired) electrons. The van der Waals surface area contributed by atoms with Crippen molar-refractivity contribution >= 4 is 23.6 Å². The summed E-state index contributed by atoms with van der Waals surface area (Å²) in [7, 11) is 0. The fourth-order valence-corrected chi connectivity index (χ4v) is 5.21. The van der Waals surface area contributed by atoms with Crippen LogP contribution in [0, 0.1) is 0 Å². The molecular formula is C30H34FeN4. The summed E-state index contributed by atoms with van der Waals surface area (Å²) in [5.74, 6) is 0. The smallest absolute Gasteiger partial charge is 0.686 e. The van der Waals surface area contributed by atoms with Crippen LogP contribution in [-0.2, 0) is 17.1 Å². The summed E-state index contributed by atoms with van der Waals surface area (Å²) in [5.41, 5.74) is 4.48. The van der Waals surface area contributed by atoms with Gasteiger partial charge >= 0.3 is 17.1 Å². The molecule has 0 N–H and O–H groups in total. The first-order chi connectivity index (χ1) is 16.9. The van der Waals surface area contributed by atoms with E-state index in [0.29, 0.717) is 0 Å². The fraction of sp³-hybridized carbons (Fsp3) is 0.400. The number of hydrogen-bond donors (Lipinski definition) is 0. The van der Waals surface area contributed by atoms with Crippen LogP contribution in [0.15, 0.2) is 83.0 Å². The summed E-state index contributed by atoms with van der Waals surface area (Å²) in [5, 5.41) is 10.2. The molecular weight excluding hydrogens is 472 g/mol. The van der Waals surface area contributed by atoms with Gasteiger partial charge in [-0.3, -0.25) is 9.98 Å². The number of allylic oxidation sites excluding steroid dienone is 2. The van der Waals surface area contributed by atoms with Crippen molar-refractivity contribution in [2.24, 2.45) is 9.98 Å². The number of fused-ring (bicyclic) bond motifs is 2. The standard InChI is InChI=1S/C30H34N4.Fe/c1-3-11-23(12-4-1)25-19-31-27-15-7-9-17-29(27)33-21-26(24-13-5-2-6-14-24)22-34-30-18-10-8-16-28(30)32-20-25;/h1-6,11-14,19-22,27-30H,7-10,15-18H2;/q-2;+2/b25-19+,26-22+,32-20?,33-21?;/t27-,28-,29-,30-;/m1./s1. The largest absolute Gasteiger partial charge is 2.00 e. The van der Waals surface area contributed by atoms with Crippen molar-refractivity contribution in [2.45, 2.75) is 75.5 Å². The number of hydrogen-bond acceptors (Lipinski definition) is 2. The zero-order valence-electron chi connectivity index (χ0n) is 20.2. The third kappa shape index (κ3) is 6.74. The van der Waals surface area contributed by atoms with Crippen molar-refractivity contribution in [1.29, 1.82) is 0 Å². The molecule has 0 amide bonds. The van der Waals surface area contributed by atoms with E-state index >= 15 is 0 Å². The molecule has 1 heterocycles. The molecule has 2 aromatic carbocycles. The van der Waals surface area contributed by atoms with Gasteiger partial charge in [0, 0.05) is 24.5 Å². The van der Waals surface area contributed by atoms with Gasteiger partial charge in [-0.15, -0.1) is 0 Å². The first kappa shape index (κ1) is 25.5. The van der Waals surface area contributed by atoms with Crippen LogP contribution in [0.3, 0.4) is 0 Å². The zero-order chi connectivity index (χ0) is 23.0. The third-order valence-electron chi connectivity index (χ3n) is 7.22. The minimum atomic E-state index is 0. The van der Waals surface area contributed by atoms with Crippen molar-refractivity contribution in [3.8, 4) is 0 Å². The van der Waals surface area contributed by atoms with Crippen molar-refractivity contribution in [3.05, 3.63) is 94.8 Å². The van der Waals surface area contributed by atoms with Crippen LogP contribution in [-0.4, -0.2) is 36.6 Å². The van der Waals surface area contributed by atoms with E-state index in [1.165, 1.54) is 25.7 Å². The molecule has 35 heavy (non-hydrogen) atoms. The molecule has 5 rings (SSSR count). The molecule has 0 unspecified atom stereocenters. The molecule has 4 nitrogen and oxygen atoms in total. The Bertz CT molecular complexity index is 959. The molecule has 1 aliphatic heterocycles. The number of aliphatic imine (C=N–C) groups is 2. The monoisotopic (exact) mass is 506 g/mol. The fourth-order valence-electron chi connectivity index (χ4n) is 5.21.